The molecular formula is C15H16BrN3O2. The third kappa shape index (κ3) is 2.18. The van der Waals surface area contributed by atoms with E-state index in [2.05, 4.69) is 31.8 Å². The molecule has 1 aromatic rings. The Morgan fingerprint density at radius 2 is 2.05 bits per heavy atom. The maximum absolute atomic E-state index is 12.1. The minimum Gasteiger partial charge on any atom is -0.324 e. The summed E-state index contributed by atoms with van der Waals surface area (Å²) >= 11 is 3.52. The van der Waals surface area contributed by atoms with Gasteiger partial charge in [0.05, 0.1) is 16.8 Å². The second kappa shape index (κ2) is 4.66. The fraction of sp³-hybridized carbons (Fsp3) is 0.400. The zero-order valence-electron chi connectivity index (χ0n) is 12.1. The summed E-state index contributed by atoms with van der Waals surface area (Å²) in [6.07, 6.45) is 0.425. The number of carbonyl (C=O) groups is 2. The number of carbonyl (C=O) groups excluding carboxylic acids is 2. The second-order valence-electron chi connectivity index (χ2n) is 6.10. The van der Waals surface area contributed by atoms with Crippen LogP contribution < -0.4 is 10.7 Å². The lowest BCUT2D eigenvalue weighted by molar-refractivity contribution is -0.122. The number of hydrazone groups is 1. The number of halogens is 1. The van der Waals surface area contributed by atoms with E-state index in [-0.39, 0.29) is 17.7 Å². The van der Waals surface area contributed by atoms with Crippen molar-refractivity contribution in [2.45, 2.75) is 32.6 Å². The molecule has 2 aliphatic rings. The van der Waals surface area contributed by atoms with Crippen LogP contribution >= 0.6 is 15.9 Å². The predicted molar refractivity (Wildman–Crippen MR) is 84.3 cm³/mol. The van der Waals surface area contributed by atoms with E-state index in [9.17, 15) is 9.59 Å². The lowest BCUT2D eigenvalue weighted by Crippen LogP contribution is -2.32. The van der Waals surface area contributed by atoms with Crippen LogP contribution in [0.25, 0.3) is 0 Å². The van der Waals surface area contributed by atoms with Gasteiger partial charge < -0.3 is 5.32 Å². The molecule has 1 aromatic carbocycles. The van der Waals surface area contributed by atoms with Crippen LogP contribution in [0.2, 0.25) is 0 Å². The van der Waals surface area contributed by atoms with Crippen LogP contribution in [0.4, 0.5) is 5.69 Å². The Hall–Kier alpha value is -1.69. The molecule has 0 radical (unpaired) electrons. The fourth-order valence-electron chi connectivity index (χ4n) is 2.77. The van der Waals surface area contributed by atoms with Gasteiger partial charge in [-0.25, -0.2) is 5.43 Å². The first-order valence-corrected chi connectivity index (χ1v) is 7.62. The van der Waals surface area contributed by atoms with Gasteiger partial charge in [0.2, 0.25) is 11.8 Å². The molecule has 0 aliphatic carbocycles. The Balaban J connectivity index is 2.12. The first-order valence-electron chi connectivity index (χ1n) is 6.83. The number of nitrogens with zero attached hydrogens (tertiary/aromatic N) is 1. The largest absolute Gasteiger partial charge is 0.324 e. The second-order valence-corrected chi connectivity index (χ2v) is 6.95. The summed E-state index contributed by atoms with van der Waals surface area (Å²) in [7, 11) is 0. The highest BCUT2D eigenvalue weighted by Gasteiger charge is 2.40. The molecule has 2 aliphatic heterocycles. The number of rotatable bonds is 1. The van der Waals surface area contributed by atoms with Gasteiger partial charge in [0.25, 0.3) is 0 Å². The molecule has 2 heterocycles. The molecule has 3 rings (SSSR count). The maximum Gasteiger partial charge on any atom is 0.240 e. The van der Waals surface area contributed by atoms with Gasteiger partial charge in [-0.2, -0.15) is 5.10 Å². The van der Waals surface area contributed by atoms with E-state index in [0.717, 1.165) is 27.0 Å². The van der Waals surface area contributed by atoms with E-state index in [4.69, 9.17) is 0 Å². The lowest BCUT2D eigenvalue weighted by atomic mass is 9.84. The Kier molecular flexibility index (Phi) is 3.16. The maximum atomic E-state index is 12.1. The minimum absolute atomic E-state index is 0.0118. The topological polar surface area (TPSA) is 70.6 Å². The summed E-state index contributed by atoms with van der Waals surface area (Å²) in [5.74, 6) is -0.0252. The van der Waals surface area contributed by atoms with Crippen molar-refractivity contribution in [2.75, 3.05) is 5.32 Å². The van der Waals surface area contributed by atoms with Gasteiger partial charge in [0, 0.05) is 16.8 Å². The number of amides is 2. The Labute approximate surface area is 131 Å². The van der Waals surface area contributed by atoms with E-state index in [1.807, 2.05) is 32.9 Å². The average molecular weight is 350 g/mol. The molecule has 1 atom stereocenters. The molecule has 2 N–H and O–H groups in total. The molecule has 0 bridgehead atoms. The quantitative estimate of drug-likeness (QED) is 0.817. The van der Waals surface area contributed by atoms with E-state index in [1.54, 1.807) is 0 Å². The van der Waals surface area contributed by atoms with Crippen molar-refractivity contribution < 1.29 is 9.59 Å². The Bertz CT molecular complexity index is 694. The van der Waals surface area contributed by atoms with Gasteiger partial charge >= 0.3 is 0 Å². The van der Waals surface area contributed by atoms with Crippen molar-refractivity contribution in [3.05, 3.63) is 27.7 Å². The SMILES string of the molecule is CC1CC(=O)NN=C1c1cc(Br)c2c(c1)C(C)(C)C(=O)N2. The highest BCUT2D eigenvalue weighted by molar-refractivity contribution is 9.10. The van der Waals surface area contributed by atoms with Gasteiger partial charge in [-0.05, 0) is 53.0 Å². The number of fused-ring (bicyclic) bond motifs is 1. The van der Waals surface area contributed by atoms with Gasteiger partial charge in [0.1, 0.15) is 0 Å². The Morgan fingerprint density at radius 3 is 2.71 bits per heavy atom. The first-order chi connectivity index (χ1) is 9.80. The fourth-order valence-corrected chi connectivity index (χ4v) is 3.33. The predicted octanol–water partition coefficient (Wildman–Crippen LogP) is 2.54. The number of hydrogen-bond donors (Lipinski definition) is 2. The van der Waals surface area contributed by atoms with E-state index >= 15 is 0 Å². The van der Waals surface area contributed by atoms with Crippen molar-refractivity contribution in [3.8, 4) is 0 Å². The number of hydrogen-bond acceptors (Lipinski definition) is 3. The zero-order chi connectivity index (χ0) is 15.4. The number of nitrogens with one attached hydrogen (secondary N) is 2. The van der Waals surface area contributed by atoms with Crippen LogP contribution in [-0.4, -0.2) is 17.5 Å². The van der Waals surface area contributed by atoms with Crippen LogP contribution in [0.15, 0.2) is 21.7 Å². The van der Waals surface area contributed by atoms with Crippen LogP contribution in [0.1, 0.15) is 38.3 Å². The van der Waals surface area contributed by atoms with Gasteiger partial charge in [-0.3, -0.25) is 9.59 Å². The van der Waals surface area contributed by atoms with Crippen molar-refractivity contribution in [1.29, 1.82) is 0 Å². The molecule has 2 amide bonds. The standard InChI is InChI=1S/C15H16BrN3O2/c1-7-4-11(20)18-19-12(7)8-5-9-13(10(16)6-8)17-14(21)15(9,2)3/h5-7H,4H2,1-3H3,(H,17,21)(H,18,20). The lowest BCUT2D eigenvalue weighted by Gasteiger charge is -2.21. The third-order valence-electron chi connectivity index (χ3n) is 4.12. The molecule has 0 aromatic heterocycles. The highest BCUT2D eigenvalue weighted by Crippen LogP contribution is 2.42. The number of anilines is 1. The summed E-state index contributed by atoms with van der Waals surface area (Å²) in [5.41, 5.74) is 5.49. The molecule has 21 heavy (non-hydrogen) atoms. The monoisotopic (exact) mass is 349 g/mol. The van der Waals surface area contributed by atoms with E-state index in [0.29, 0.717) is 6.42 Å². The normalized spacial score (nSPS) is 23.2. The van der Waals surface area contributed by atoms with Gasteiger partial charge in [-0.1, -0.05) is 6.92 Å². The molecule has 1 unspecified atom stereocenters. The highest BCUT2D eigenvalue weighted by atomic mass is 79.9. The smallest absolute Gasteiger partial charge is 0.240 e. The van der Waals surface area contributed by atoms with Crippen LogP contribution in [-0.2, 0) is 15.0 Å². The molecule has 110 valence electrons. The molecule has 6 heteroatoms. The molecular weight excluding hydrogens is 334 g/mol. The average Bonchev–Trinajstić information content (AvgIpc) is 2.62. The summed E-state index contributed by atoms with van der Waals surface area (Å²) in [5, 5.41) is 7.09. The number of benzene rings is 1. The Morgan fingerprint density at radius 1 is 1.33 bits per heavy atom. The van der Waals surface area contributed by atoms with Crippen molar-refractivity contribution >= 4 is 39.1 Å². The van der Waals surface area contributed by atoms with Crippen molar-refractivity contribution in [2.24, 2.45) is 11.0 Å². The summed E-state index contributed by atoms with van der Waals surface area (Å²) in [4.78, 5) is 23.4. The molecule has 0 saturated carbocycles. The van der Waals surface area contributed by atoms with E-state index in [1.165, 1.54) is 0 Å². The zero-order valence-corrected chi connectivity index (χ0v) is 13.7. The third-order valence-corrected chi connectivity index (χ3v) is 4.75. The molecule has 0 fully saturated rings. The molecule has 0 spiro atoms. The van der Waals surface area contributed by atoms with Crippen molar-refractivity contribution in [3.63, 3.8) is 0 Å². The summed E-state index contributed by atoms with van der Waals surface area (Å²) in [6.45, 7) is 5.78. The van der Waals surface area contributed by atoms with E-state index < -0.39 is 5.41 Å². The van der Waals surface area contributed by atoms with Crippen molar-refractivity contribution in [1.82, 2.24) is 5.43 Å². The summed E-state index contributed by atoms with van der Waals surface area (Å²) < 4.78 is 0.834. The van der Waals surface area contributed by atoms with Crippen LogP contribution in [0, 0.1) is 5.92 Å². The summed E-state index contributed by atoms with van der Waals surface area (Å²) in [6, 6.07) is 3.93. The van der Waals surface area contributed by atoms with Crippen LogP contribution in [0.3, 0.4) is 0 Å². The molecule has 0 saturated heterocycles. The first kappa shape index (κ1) is 14.3. The molecule has 5 nitrogen and oxygen atoms in total. The van der Waals surface area contributed by atoms with Crippen LogP contribution in [0.5, 0.6) is 0 Å². The van der Waals surface area contributed by atoms with Gasteiger partial charge in [0.15, 0.2) is 0 Å². The van der Waals surface area contributed by atoms with Gasteiger partial charge in [-0.15, -0.1) is 0 Å². The minimum atomic E-state index is -0.574.